The number of ether oxygens (including phenoxy) is 2. The summed E-state index contributed by atoms with van der Waals surface area (Å²) in [5, 5.41) is 3.53. The quantitative estimate of drug-likeness (QED) is 0.462. The highest BCUT2D eigenvalue weighted by Gasteiger charge is 2.03. The minimum absolute atomic E-state index is 0.788. The molecule has 0 unspecified atom stereocenters. The van der Waals surface area contributed by atoms with Crippen molar-refractivity contribution in [1.29, 1.82) is 0 Å². The van der Waals surface area contributed by atoms with Crippen molar-refractivity contribution in [2.24, 2.45) is 11.7 Å². The number of rotatable bonds is 0. The Bertz CT molecular complexity index is 119. The van der Waals surface area contributed by atoms with Crippen LogP contribution >= 0.6 is 0 Å². The number of nitrogens with zero attached hydrogens (tertiary/aromatic N) is 2. The van der Waals surface area contributed by atoms with Crippen LogP contribution in [-0.2, 0) is 9.47 Å². The highest BCUT2D eigenvalue weighted by Crippen LogP contribution is 1.87. The molecule has 0 aliphatic carbocycles. The van der Waals surface area contributed by atoms with Crippen molar-refractivity contribution in [1.82, 2.24) is 10.0 Å². The van der Waals surface area contributed by atoms with Gasteiger partial charge in [-0.25, -0.2) is 10.0 Å². The zero-order valence-electron chi connectivity index (χ0n) is 8.52. The number of hydrogen-bond acceptors (Lipinski definition) is 6. The molecule has 0 radical (unpaired) electrons. The van der Waals surface area contributed by atoms with E-state index < -0.39 is 0 Å². The molecule has 0 amide bonds. The minimum atomic E-state index is 0.788. The number of hydrazine groups is 2. The van der Waals surface area contributed by atoms with Crippen LogP contribution in [0.15, 0.2) is 0 Å². The van der Waals surface area contributed by atoms with Gasteiger partial charge < -0.3 is 9.47 Å². The van der Waals surface area contributed by atoms with Crippen molar-refractivity contribution in [3.63, 3.8) is 0 Å². The molecule has 6 nitrogen and oxygen atoms in total. The smallest absolute Gasteiger partial charge is 0.0608 e. The standard InChI is InChI=1S/2C4H10N2O/c2*5-6-1-3-7-4-2-6/h2*1-5H2. The SMILES string of the molecule is NN1CCOCC1.NN1CCOCC1. The summed E-state index contributed by atoms with van der Waals surface area (Å²) in [5.74, 6) is 10.8. The molecule has 0 saturated carbocycles. The van der Waals surface area contributed by atoms with Crippen LogP contribution in [0.3, 0.4) is 0 Å². The molecular weight excluding hydrogens is 184 g/mol. The molecule has 0 aromatic heterocycles. The number of morpholine rings is 2. The normalized spacial score (nSPS) is 25.3. The predicted octanol–water partition coefficient (Wildman–Crippen LogP) is -1.62. The van der Waals surface area contributed by atoms with E-state index in [1.165, 1.54) is 0 Å². The van der Waals surface area contributed by atoms with E-state index in [1.54, 1.807) is 10.0 Å². The van der Waals surface area contributed by atoms with Crippen LogP contribution in [0.5, 0.6) is 0 Å². The minimum Gasteiger partial charge on any atom is -0.379 e. The lowest BCUT2D eigenvalue weighted by Crippen LogP contribution is -2.41. The number of hydrogen-bond donors (Lipinski definition) is 2. The van der Waals surface area contributed by atoms with Gasteiger partial charge in [0.2, 0.25) is 0 Å². The average molecular weight is 204 g/mol. The van der Waals surface area contributed by atoms with Gasteiger partial charge in [0.25, 0.3) is 0 Å². The van der Waals surface area contributed by atoms with Crippen molar-refractivity contribution >= 4 is 0 Å². The maximum absolute atomic E-state index is 5.39. The zero-order chi connectivity index (χ0) is 10.2. The third-order valence-electron chi connectivity index (χ3n) is 2.09. The molecule has 2 rings (SSSR count). The lowest BCUT2D eigenvalue weighted by molar-refractivity contribution is 0.0377. The van der Waals surface area contributed by atoms with Crippen LogP contribution in [0.2, 0.25) is 0 Å². The molecule has 0 spiro atoms. The van der Waals surface area contributed by atoms with E-state index in [0.717, 1.165) is 52.6 Å². The Morgan fingerprint density at radius 1 is 0.643 bits per heavy atom. The first-order chi connectivity index (χ1) is 6.79. The Hall–Kier alpha value is -0.240. The van der Waals surface area contributed by atoms with Crippen LogP contribution in [0, 0.1) is 0 Å². The van der Waals surface area contributed by atoms with Gasteiger partial charge in [0.1, 0.15) is 0 Å². The fourth-order valence-electron chi connectivity index (χ4n) is 1.15. The molecule has 0 bridgehead atoms. The Kier molecular flexibility index (Phi) is 6.00. The zero-order valence-corrected chi connectivity index (χ0v) is 8.52. The molecular formula is C8H20N4O2. The fourth-order valence-corrected chi connectivity index (χ4v) is 1.15. The molecule has 0 aromatic carbocycles. The lowest BCUT2D eigenvalue weighted by atomic mass is 10.5. The Balaban J connectivity index is 0.000000140. The van der Waals surface area contributed by atoms with Crippen LogP contribution in [0.1, 0.15) is 0 Å². The van der Waals surface area contributed by atoms with E-state index in [4.69, 9.17) is 21.2 Å². The molecule has 2 saturated heterocycles. The number of nitrogens with two attached hydrogens (primary N) is 2. The molecule has 4 N–H and O–H groups in total. The summed E-state index contributed by atoms with van der Waals surface area (Å²) in [6.07, 6.45) is 0. The van der Waals surface area contributed by atoms with Crippen molar-refractivity contribution in [2.75, 3.05) is 52.6 Å². The summed E-state index contributed by atoms with van der Waals surface area (Å²) in [5.41, 5.74) is 0. The van der Waals surface area contributed by atoms with Gasteiger partial charge in [-0.15, -0.1) is 0 Å². The predicted molar refractivity (Wildman–Crippen MR) is 53.2 cm³/mol. The summed E-state index contributed by atoms with van der Waals surface area (Å²) in [6, 6.07) is 0. The Morgan fingerprint density at radius 3 is 1.07 bits per heavy atom. The first-order valence-corrected chi connectivity index (χ1v) is 4.94. The van der Waals surface area contributed by atoms with E-state index in [9.17, 15) is 0 Å². The van der Waals surface area contributed by atoms with E-state index >= 15 is 0 Å². The van der Waals surface area contributed by atoms with E-state index in [-0.39, 0.29) is 0 Å². The van der Waals surface area contributed by atoms with Gasteiger partial charge in [0.15, 0.2) is 0 Å². The molecule has 0 atom stereocenters. The molecule has 84 valence electrons. The summed E-state index contributed by atoms with van der Waals surface area (Å²) in [6.45, 7) is 6.65. The topological polar surface area (TPSA) is 77.0 Å². The van der Waals surface area contributed by atoms with Gasteiger partial charge in [-0.1, -0.05) is 0 Å². The highest BCUT2D eigenvalue weighted by atomic mass is 16.5. The van der Waals surface area contributed by atoms with E-state index in [0.29, 0.717) is 0 Å². The fraction of sp³-hybridized carbons (Fsp3) is 1.00. The summed E-state index contributed by atoms with van der Waals surface area (Å²) >= 11 is 0. The molecule has 6 heteroatoms. The van der Waals surface area contributed by atoms with Crippen LogP contribution in [0.4, 0.5) is 0 Å². The van der Waals surface area contributed by atoms with Crippen molar-refractivity contribution in [2.45, 2.75) is 0 Å². The van der Waals surface area contributed by atoms with Gasteiger partial charge in [-0.05, 0) is 0 Å². The molecule has 2 aliphatic rings. The Morgan fingerprint density at radius 2 is 0.929 bits per heavy atom. The van der Waals surface area contributed by atoms with Gasteiger partial charge in [0, 0.05) is 26.2 Å². The second-order valence-electron chi connectivity index (χ2n) is 3.30. The second kappa shape index (κ2) is 7.10. The van der Waals surface area contributed by atoms with E-state index in [1.807, 2.05) is 0 Å². The molecule has 2 aliphatic heterocycles. The highest BCUT2D eigenvalue weighted by molar-refractivity contribution is 4.52. The van der Waals surface area contributed by atoms with Crippen molar-refractivity contribution < 1.29 is 9.47 Å². The van der Waals surface area contributed by atoms with Crippen molar-refractivity contribution in [3.8, 4) is 0 Å². The first kappa shape index (κ1) is 11.8. The first-order valence-electron chi connectivity index (χ1n) is 4.94. The monoisotopic (exact) mass is 204 g/mol. The molecule has 0 aromatic rings. The average Bonchev–Trinajstić information content (AvgIpc) is 2.21. The van der Waals surface area contributed by atoms with Crippen LogP contribution in [-0.4, -0.2) is 62.6 Å². The van der Waals surface area contributed by atoms with E-state index in [2.05, 4.69) is 0 Å². The largest absolute Gasteiger partial charge is 0.379 e. The molecule has 14 heavy (non-hydrogen) atoms. The summed E-state index contributed by atoms with van der Waals surface area (Å²) < 4.78 is 10.0. The molecule has 2 fully saturated rings. The summed E-state index contributed by atoms with van der Waals surface area (Å²) in [7, 11) is 0. The van der Waals surface area contributed by atoms with Crippen LogP contribution < -0.4 is 11.7 Å². The third kappa shape index (κ3) is 5.48. The van der Waals surface area contributed by atoms with Crippen molar-refractivity contribution in [3.05, 3.63) is 0 Å². The summed E-state index contributed by atoms with van der Waals surface area (Å²) in [4.78, 5) is 0. The van der Waals surface area contributed by atoms with Gasteiger partial charge in [-0.3, -0.25) is 11.7 Å². The lowest BCUT2D eigenvalue weighted by Gasteiger charge is -2.20. The van der Waals surface area contributed by atoms with Crippen LogP contribution in [0.25, 0.3) is 0 Å². The molecule has 2 heterocycles. The Labute approximate surface area is 84.7 Å². The van der Waals surface area contributed by atoms with Gasteiger partial charge >= 0.3 is 0 Å². The van der Waals surface area contributed by atoms with Gasteiger partial charge in [-0.2, -0.15) is 0 Å². The third-order valence-corrected chi connectivity index (χ3v) is 2.09. The second-order valence-corrected chi connectivity index (χ2v) is 3.30. The van der Waals surface area contributed by atoms with Gasteiger partial charge in [0.05, 0.1) is 26.4 Å². The maximum Gasteiger partial charge on any atom is 0.0608 e. The maximum atomic E-state index is 5.39.